The van der Waals surface area contributed by atoms with Gasteiger partial charge in [-0.25, -0.2) is 8.42 Å². The molecule has 0 bridgehead atoms. The van der Waals surface area contributed by atoms with Crippen LogP contribution in [-0.4, -0.2) is 27.5 Å². The third-order valence-corrected chi connectivity index (χ3v) is 7.87. The van der Waals surface area contributed by atoms with Crippen LogP contribution in [0.25, 0.3) is 0 Å². The Morgan fingerprint density at radius 3 is 2.50 bits per heavy atom. The number of carbonyl (C=O) groups excluding carboxylic acids is 1. The van der Waals surface area contributed by atoms with Crippen molar-refractivity contribution in [3.05, 3.63) is 57.1 Å². The quantitative estimate of drug-likeness (QED) is 0.523. The van der Waals surface area contributed by atoms with Crippen LogP contribution in [-0.2, 0) is 26.0 Å². The monoisotopic (exact) mass is 493 g/mol. The van der Waals surface area contributed by atoms with E-state index in [0.29, 0.717) is 19.1 Å². The van der Waals surface area contributed by atoms with Crippen molar-refractivity contribution in [2.45, 2.75) is 51.9 Å². The number of benzene rings is 2. The van der Waals surface area contributed by atoms with Crippen LogP contribution in [0.3, 0.4) is 0 Å². The zero-order valence-corrected chi connectivity index (χ0v) is 20.4. The number of nitrogens with zero attached hydrogens (tertiary/aromatic N) is 1. The molecular weight excluding hydrogens is 466 g/mol. The summed E-state index contributed by atoms with van der Waals surface area (Å²) >= 11 is 3.55. The molecule has 30 heavy (non-hydrogen) atoms. The molecule has 0 fully saturated rings. The van der Waals surface area contributed by atoms with Crippen LogP contribution in [0.15, 0.2) is 39.7 Å². The molecule has 2 aromatic rings. The van der Waals surface area contributed by atoms with Gasteiger partial charge in [-0.05, 0) is 73.2 Å². The van der Waals surface area contributed by atoms with Crippen LogP contribution in [0, 0.1) is 19.8 Å². The lowest BCUT2D eigenvalue weighted by Gasteiger charge is -2.22. The zero-order chi connectivity index (χ0) is 22.2. The number of aryl methyl sites for hydroxylation is 2. The topological polar surface area (TPSA) is 63.7 Å². The predicted octanol–water partition coefficient (Wildman–Crippen LogP) is 5.12. The van der Waals surface area contributed by atoms with Crippen LogP contribution in [0.5, 0.6) is 0 Å². The number of hydrogen-bond acceptors (Lipinski definition) is 4. The molecule has 0 spiro atoms. The molecule has 1 aliphatic rings. The van der Waals surface area contributed by atoms with E-state index >= 15 is 0 Å². The Kier molecular flexibility index (Phi) is 6.63. The van der Waals surface area contributed by atoms with E-state index in [2.05, 4.69) is 29.8 Å². The molecular formula is C23H28BrNO4S. The third-order valence-electron chi connectivity index (χ3n) is 5.65. The summed E-state index contributed by atoms with van der Waals surface area (Å²) in [6, 6.07) is 8.95. The van der Waals surface area contributed by atoms with E-state index in [-0.39, 0.29) is 23.2 Å². The van der Waals surface area contributed by atoms with E-state index in [1.807, 2.05) is 26.0 Å². The Labute approximate surface area is 187 Å². The van der Waals surface area contributed by atoms with Crippen molar-refractivity contribution in [2.75, 3.05) is 17.5 Å². The summed E-state index contributed by atoms with van der Waals surface area (Å²) in [5.41, 5.74) is 4.31. The van der Waals surface area contributed by atoms with Gasteiger partial charge >= 0.3 is 5.97 Å². The lowest BCUT2D eigenvalue weighted by molar-refractivity contribution is -0.142. The van der Waals surface area contributed by atoms with E-state index in [1.54, 1.807) is 29.4 Å². The highest BCUT2D eigenvalue weighted by Gasteiger charge is 2.39. The summed E-state index contributed by atoms with van der Waals surface area (Å²) in [5, 5.41) is 0. The first kappa shape index (κ1) is 22.8. The van der Waals surface area contributed by atoms with Gasteiger partial charge in [0.05, 0.1) is 23.6 Å². The molecule has 0 aliphatic carbocycles. The maximum atomic E-state index is 13.6. The fraction of sp³-hybridized carbons (Fsp3) is 0.435. The van der Waals surface area contributed by atoms with Crippen LogP contribution >= 0.6 is 15.9 Å². The van der Waals surface area contributed by atoms with Gasteiger partial charge in [0.15, 0.2) is 0 Å². The number of ether oxygens (including phenoxy) is 1. The van der Waals surface area contributed by atoms with E-state index in [0.717, 1.165) is 32.4 Å². The van der Waals surface area contributed by atoms with E-state index in [1.165, 1.54) is 0 Å². The number of halogens is 1. The van der Waals surface area contributed by atoms with Crippen LogP contribution in [0.1, 0.15) is 48.9 Å². The molecule has 0 N–H and O–H groups in total. The van der Waals surface area contributed by atoms with Gasteiger partial charge in [0, 0.05) is 16.9 Å². The second kappa shape index (κ2) is 8.71. The van der Waals surface area contributed by atoms with Crippen molar-refractivity contribution >= 4 is 37.6 Å². The zero-order valence-electron chi connectivity index (χ0n) is 18.0. The first-order valence-electron chi connectivity index (χ1n) is 10.1. The molecule has 5 nitrogen and oxygen atoms in total. The molecule has 3 rings (SSSR count). The number of rotatable bonds is 6. The van der Waals surface area contributed by atoms with Crippen LogP contribution < -0.4 is 4.31 Å². The molecule has 0 radical (unpaired) electrons. The minimum atomic E-state index is -3.73. The molecule has 2 aromatic carbocycles. The SMILES string of the molecule is CCOC(=O)Cc1ccc(S(=O)(=O)N2CC(C(C)C)c3cc(Br)cc(C)c32)cc1C. The Morgan fingerprint density at radius 1 is 1.20 bits per heavy atom. The highest BCUT2D eigenvalue weighted by Crippen LogP contribution is 2.46. The summed E-state index contributed by atoms with van der Waals surface area (Å²) in [7, 11) is -3.73. The van der Waals surface area contributed by atoms with Crippen molar-refractivity contribution < 1.29 is 17.9 Å². The first-order valence-corrected chi connectivity index (χ1v) is 12.4. The normalized spacial score (nSPS) is 16.1. The van der Waals surface area contributed by atoms with Crippen molar-refractivity contribution in [2.24, 2.45) is 5.92 Å². The minimum absolute atomic E-state index is 0.134. The van der Waals surface area contributed by atoms with Crippen molar-refractivity contribution in [3.8, 4) is 0 Å². The summed E-state index contributed by atoms with van der Waals surface area (Å²) in [6.45, 7) is 10.5. The van der Waals surface area contributed by atoms with Crippen molar-refractivity contribution in [1.29, 1.82) is 0 Å². The smallest absolute Gasteiger partial charge is 0.310 e. The minimum Gasteiger partial charge on any atom is -0.466 e. The molecule has 0 amide bonds. The van der Waals surface area contributed by atoms with Crippen LogP contribution in [0.4, 0.5) is 5.69 Å². The number of sulfonamides is 1. The van der Waals surface area contributed by atoms with Gasteiger partial charge in [0.1, 0.15) is 0 Å². The molecule has 0 saturated carbocycles. The lowest BCUT2D eigenvalue weighted by Crippen LogP contribution is -2.31. The van der Waals surface area contributed by atoms with Gasteiger partial charge in [-0.1, -0.05) is 35.8 Å². The highest BCUT2D eigenvalue weighted by atomic mass is 79.9. The maximum Gasteiger partial charge on any atom is 0.310 e. The molecule has 1 unspecified atom stereocenters. The average Bonchev–Trinajstić information content (AvgIpc) is 3.04. The molecule has 162 valence electrons. The van der Waals surface area contributed by atoms with E-state index in [4.69, 9.17) is 4.74 Å². The predicted molar refractivity (Wildman–Crippen MR) is 123 cm³/mol. The Balaban J connectivity index is 2.01. The second-order valence-electron chi connectivity index (χ2n) is 8.12. The number of esters is 1. The summed E-state index contributed by atoms with van der Waals surface area (Å²) < 4.78 is 34.7. The van der Waals surface area contributed by atoms with Gasteiger partial charge in [0.2, 0.25) is 0 Å². The second-order valence-corrected chi connectivity index (χ2v) is 10.9. The molecule has 1 aliphatic heterocycles. The fourth-order valence-electron chi connectivity index (χ4n) is 4.06. The first-order chi connectivity index (χ1) is 14.1. The number of fused-ring (bicyclic) bond motifs is 1. The number of anilines is 1. The van der Waals surface area contributed by atoms with E-state index in [9.17, 15) is 13.2 Å². The Morgan fingerprint density at radius 2 is 1.90 bits per heavy atom. The molecule has 1 heterocycles. The number of hydrogen-bond donors (Lipinski definition) is 0. The molecule has 1 atom stereocenters. The maximum absolute atomic E-state index is 13.6. The average molecular weight is 494 g/mol. The van der Waals surface area contributed by atoms with Gasteiger partial charge in [-0.2, -0.15) is 0 Å². The van der Waals surface area contributed by atoms with Crippen molar-refractivity contribution in [3.63, 3.8) is 0 Å². The van der Waals surface area contributed by atoms with Gasteiger partial charge in [-0.3, -0.25) is 9.10 Å². The molecule has 0 aromatic heterocycles. The van der Waals surface area contributed by atoms with Gasteiger partial charge < -0.3 is 4.74 Å². The highest BCUT2D eigenvalue weighted by molar-refractivity contribution is 9.10. The van der Waals surface area contributed by atoms with Crippen LogP contribution in [0.2, 0.25) is 0 Å². The summed E-state index contributed by atoms with van der Waals surface area (Å²) in [4.78, 5) is 12.0. The lowest BCUT2D eigenvalue weighted by atomic mass is 9.90. The van der Waals surface area contributed by atoms with Crippen molar-refractivity contribution in [1.82, 2.24) is 0 Å². The Bertz CT molecular complexity index is 1080. The standard InChI is InChI=1S/C23H28BrNO4S/c1-6-29-22(26)11-17-7-8-19(10-15(17)4)30(27,28)25-13-21(14(2)3)20-12-18(24)9-16(5)23(20)25/h7-10,12,14,21H,6,11,13H2,1-5H3. The number of carbonyl (C=O) groups is 1. The van der Waals surface area contributed by atoms with E-state index < -0.39 is 10.0 Å². The summed E-state index contributed by atoms with van der Waals surface area (Å²) in [6.07, 6.45) is 0.134. The summed E-state index contributed by atoms with van der Waals surface area (Å²) in [5.74, 6) is 0.132. The molecule has 7 heteroatoms. The van der Waals surface area contributed by atoms with Gasteiger partial charge in [-0.15, -0.1) is 0 Å². The fourth-order valence-corrected chi connectivity index (χ4v) is 6.32. The van der Waals surface area contributed by atoms with Gasteiger partial charge in [0.25, 0.3) is 10.0 Å². The Hall–Kier alpha value is -1.86. The molecule has 0 saturated heterocycles. The largest absolute Gasteiger partial charge is 0.466 e. The third kappa shape index (κ3) is 4.28.